The summed E-state index contributed by atoms with van der Waals surface area (Å²) in [7, 11) is 0. The van der Waals surface area contributed by atoms with Crippen LogP contribution in [-0.2, 0) is 20.9 Å². The van der Waals surface area contributed by atoms with Gasteiger partial charge in [-0.05, 0) is 62.9 Å². The van der Waals surface area contributed by atoms with Crippen LogP contribution in [0.1, 0.15) is 45.6 Å². The first kappa shape index (κ1) is 27.5. The average Bonchev–Trinajstić information content (AvgIpc) is 3.51. The molecule has 208 valence electrons. The van der Waals surface area contributed by atoms with Crippen molar-refractivity contribution < 1.29 is 24.2 Å². The maximum Gasteiger partial charge on any atom is 0.244 e. The molecule has 3 amide bonds. The zero-order valence-electron chi connectivity index (χ0n) is 22.7. The van der Waals surface area contributed by atoms with Crippen LogP contribution in [0, 0.1) is 11.8 Å². The molecular weight excluding hydrogens is 514 g/mol. The number of carbonyl (C=O) groups is 3. The molecule has 2 unspecified atom stereocenters. The Labute approximate surface area is 233 Å². The van der Waals surface area contributed by atoms with Crippen molar-refractivity contribution in [1.29, 1.82) is 0 Å². The summed E-state index contributed by atoms with van der Waals surface area (Å²) in [5.41, 5.74) is 1.60. The Morgan fingerprint density at radius 2 is 1.82 bits per heavy atom. The highest BCUT2D eigenvalue weighted by molar-refractivity contribution is 8.02. The highest BCUT2D eigenvalue weighted by atomic mass is 32.2. The van der Waals surface area contributed by atoms with Crippen LogP contribution in [0.2, 0.25) is 0 Å². The van der Waals surface area contributed by atoms with Crippen molar-refractivity contribution >= 4 is 35.2 Å². The molecule has 0 saturated carbocycles. The molecule has 6 atom stereocenters. The van der Waals surface area contributed by atoms with E-state index in [4.69, 9.17) is 4.74 Å². The number of carbonyl (C=O) groups excluding carboxylic acids is 3. The minimum absolute atomic E-state index is 0.210. The van der Waals surface area contributed by atoms with Crippen LogP contribution in [0.15, 0.2) is 54.6 Å². The van der Waals surface area contributed by atoms with Gasteiger partial charge in [-0.25, -0.2) is 0 Å². The maximum absolute atomic E-state index is 14.2. The fraction of sp³-hybridized carbons (Fsp3) is 0.500. The lowest BCUT2D eigenvalue weighted by Gasteiger charge is -2.36. The lowest BCUT2D eigenvalue weighted by molar-refractivity contribution is -0.142. The van der Waals surface area contributed by atoms with E-state index in [9.17, 15) is 19.5 Å². The van der Waals surface area contributed by atoms with Crippen LogP contribution >= 0.6 is 11.8 Å². The molecule has 3 saturated heterocycles. The third-order valence-corrected chi connectivity index (χ3v) is 10.5. The van der Waals surface area contributed by atoms with Gasteiger partial charge in [0.1, 0.15) is 11.8 Å². The molecule has 3 heterocycles. The predicted octanol–water partition coefficient (Wildman–Crippen LogP) is 3.59. The second kappa shape index (κ2) is 10.8. The van der Waals surface area contributed by atoms with Crippen LogP contribution in [0.5, 0.6) is 5.75 Å². The zero-order valence-corrected chi connectivity index (χ0v) is 23.5. The summed E-state index contributed by atoms with van der Waals surface area (Å²) < 4.78 is 4.31. The van der Waals surface area contributed by atoms with Crippen LogP contribution in [-0.4, -0.2) is 62.5 Å². The number of anilines is 1. The van der Waals surface area contributed by atoms with Crippen molar-refractivity contribution in [3.05, 3.63) is 60.2 Å². The molecule has 2 aromatic rings. The summed E-state index contributed by atoms with van der Waals surface area (Å²) in [4.78, 5) is 43.5. The molecular formula is C30H37N3O5S. The van der Waals surface area contributed by atoms with Crippen molar-refractivity contribution in [1.82, 2.24) is 10.2 Å². The third-order valence-electron chi connectivity index (χ3n) is 8.56. The molecule has 3 aliphatic heterocycles. The normalized spacial score (nSPS) is 29.7. The van der Waals surface area contributed by atoms with Crippen molar-refractivity contribution in [3.8, 4) is 5.75 Å². The van der Waals surface area contributed by atoms with Gasteiger partial charge in [0.05, 0.1) is 35.8 Å². The summed E-state index contributed by atoms with van der Waals surface area (Å²) in [6.07, 6.45) is 1.91. The molecule has 39 heavy (non-hydrogen) atoms. The number of amides is 3. The standard InChI is InChI=1S/C30H37N3O5S/c1-4-21(18-34)33-25(27(36)31-17-19-9-7-6-8-10-19)30-16-15-29(3,39-30)23(24(30)28(33)37)26(35)32-20-11-13-22(14-12-20)38-5-2/h6-14,21,23-25,34H,4-5,15-18H2,1-3H3,(H,31,36)(H,32,35)/t21-,23-,24-,25?,29+,30?/m0/s1. The Bertz CT molecular complexity index is 1220. The second-order valence-electron chi connectivity index (χ2n) is 10.9. The van der Waals surface area contributed by atoms with Crippen molar-refractivity contribution in [2.24, 2.45) is 11.8 Å². The molecule has 0 radical (unpaired) electrons. The maximum atomic E-state index is 14.2. The first-order valence-corrected chi connectivity index (χ1v) is 14.6. The van der Waals surface area contributed by atoms with E-state index < -0.39 is 33.4 Å². The summed E-state index contributed by atoms with van der Waals surface area (Å²) in [5.74, 6) is -1.17. The summed E-state index contributed by atoms with van der Waals surface area (Å²) in [5, 5.41) is 16.3. The lowest BCUT2D eigenvalue weighted by Crippen LogP contribution is -2.56. The van der Waals surface area contributed by atoms with Crippen molar-refractivity contribution in [2.45, 2.75) is 68.2 Å². The third kappa shape index (κ3) is 4.69. The highest BCUT2D eigenvalue weighted by Gasteiger charge is 2.77. The first-order chi connectivity index (χ1) is 18.8. The molecule has 9 heteroatoms. The zero-order chi connectivity index (χ0) is 27.8. The predicted molar refractivity (Wildman–Crippen MR) is 151 cm³/mol. The summed E-state index contributed by atoms with van der Waals surface area (Å²) in [6.45, 7) is 6.53. The molecule has 5 rings (SSSR count). The Kier molecular flexibility index (Phi) is 7.66. The van der Waals surface area contributed by atoms with Gasteiger partial charge in [-0.3, -0.25) is 14.4 Å². The molecule has 2 bridgehead atoms. The number of likely N-dealkylation sites (tertiary alicyclic amines) is 1. The van der Waals surface area contributed by atoms with Gasteiger partial charge in [0.2, 0.25) is 17.7 Å². The molecule has 0 aromatic heterocycles. The molecule has 0 aliphatic carbocycles. The van der Waals surface area contributed by atoms with E-state index in [-0.39, 0.29) is 24.3 Å². The topological polar surface area (TPSA) is 108 Å². The number of nitrogens with one attached hydrogen (secondary N) is 2. The van der Waals surface area contributed by atoms with Crippen molar-refractivity contribution in [2.75, 3.05) is 18.5 Å². The first-order valence-electron chi connectivity index (χ1n) is 13.8. The highest BCUT2D eigenvalue weighted by Crippen LogP contribution is 2.71. The molecule has 8 nitrogen and oxygen atoms in total. The largest absolute Gasteiger partial charge is 0.494 e. The molecule has 3 N–H and O–H groups in total. The number of hydrogen-bond donors (Lipinski definition) is 3. The van der Waals surface area contributed by atoms with E-state index in [0.717, 1.165) is 17.7 Å². The van der Waals surface area contributed by atoms with Gasteiger partial charge >= 0.3 is 0 Å². The molecule has 2 aromatic carbocycles. The SMILES string of the molecule is CCOc1ccc(NC(=O)[C@@H]2[C@H]3C(=O)N([C@@H](CC)CO)C(C(=O)NCc4ccccc4)C34CC[C@@]2(C)S4)cc1. The Morgan fingerprint density at radius 1 is 1.10 bits per heavy atom. The quantitative estimate of drug-likeness (QED) is 0.417. The van der Waals surface area contributed by atoms with Gasteiger partial charge in [-0.2, -0.15) is 0 Å². The van der Waals surface area contributed by atoms with Gasteiger partial charge in [0.25, 0.3) is 0 Å². The number of aliphatic hydroxyl groups is 1. The van der Waals surface area contributed by atoms with E-state index in [0.29, 0.717) is 31.7 Å². The number of fused-ring (bicyclic) bond motifs is 1. The van der Waals surface area contributed by atoms with Gasteiger partial charge in [0.15, 0.2) is 0 Å². The van der Waals surface area contributed by atoms with E-state index >= 15 is 0 Å². The van der Waals surface area contributed by atoms with E-state index in [1.165, 1.54) is 0 Å². The number of hydrogen-bond acceptors (Lipinski definition) is 6. The minimum atomic E-state index is -0.758. The number of nitrogens with zero attached hydrogens (tertiary/aromatic N) is 1. The second-order valence-corrected chi connectivity index (χ2v) is 12.8. The van der Waals surface area contributed by atoms with Gasteiger partial charge in [-0.15, -0.1) is 11.8 Å². The lowest BCUT2D eigenvalue weighted by atomic mass is 9.66. The fourth-order valence-electron chi connectivity index (χ4n) is 6.77. The average molecular weight is 552 g/mol. The van der Waals surface area contributed by atoms with Crippen molar-refractivity contribution in [3.63, 3.8) is 0 Å². The van der Waals surface area contributed by atoms with Gasteiger partial charge < -0.3 is 25.4 Å². The number of rotatable bonds is 10. The fourth-order valence-corrected chi connectivity index (χ4v) is 9.12. The number of benzene rings is 2. The monoisotopic (exact) mass is 551 g/mol. The van der Waals surface area contributed by atoms with Crippen LogP contribution in [0.25, 0.3) is 0 Å². The van der Waals surface area contributed by atoms with E-state index in [1.807, 2.05) is 51.1 Å². The Balaban J connectivity index is 1.45. The summed E-state index contributed by atoms with van der Waals surface area (Å²) in [6, 6.07) is 15.6. The minimum Gasteiger partial charge on any atom is -0.494 e. The van der Waals surface area contributed by atoms with E-state index in [1.54, 1.807) is 40.9 Å². The number of aliphatic hydroxyl groups excluding tert-OH is 1. The van der Waals surface area contributed by atoms with Gasteiger partial charge in [0, 0.05) is 17.0 Å². The smallest absolute Gasteiger partial charge is 0.244 e. The number of ether oxygens (including phenoxy) is 1. The number of thioether (sulfide) groups is 1. The molecule has 3 fully saturated rings. The Morgan fingerprint density at radius 3 is 2.46 bits per heavy atom. The Hall–Kier alpha value is -3.04. The van der Waals surface area contributed by atoms with Gasteiger partial charge in [-0.1, -0.05) is 37.3 Å². The molecule has 1 spiro atoms. The van der Waals surface area contributed by atoms with Crippen LogP contribution in [0.4, 0.5) is 5.69 Å². The molecule has 3 aliphatic rings. The van der Waals surface area contributed by atoms with Crippen LogP contribution in [0.3, 0.4) is 0 Å². The van der Waals surface area contributed by atoms with E-state index in [2.05, 4.69) is 10.6 Å². The van der Waals surface area contributed by atoms with Crippen LogP contribution < -0.4 is 15.4 Å². The summed E-state index contributed by atoms with van der Waals surface area (Å²) >= 11 is 1.63.